The van der Waals surface area contributed by atoms with E-state index in [2.05, 4.69) is 5.10 Å². The van der Waals surface area contributed by atoms with Crippen LogP contribution in [0.3, 0.4) is 0 Å². The molecule has 102 valence electrons. The maximum atomic E-state index is 13.1. The summed E-state index contributed by atoms with van der Waals surface area (Å²) < 4.78 is 20.0. The number of hydrogen-bond donors (Lipinski definition) is 1. The summed E-state index contributed by atoms with van der Waals surface area (Å²) in [7, 11) is 3.28. The molecule has 0 aliphatic carbocycles. The number of ether oxygens (including phenoxy) is 1. The van der Waals surface area contributed by atoms with Crippen molar-refractivity contribution in [2.75, 3.05) is 7.11 Å². The van der Waals surface area contributed by atoms with Crippen LogP contribution in [0.2, 0.25) is 0 Å². The van der Waals surface area contributed by atoms with E-state index in [4.69, 9.17) is 4.74 Å². The number of nitrogens with zero attached hydrogens (tertiary/aromatic N) is 2. The van der Waals surface area contributed by atoms with Gasteiger partial charge in [0.1, 0.15) is 11.9 Å². The zero-order valence-corrected chi connectivity index (χ0v) is 11.4. The van der Waals surface area contributed by atoms with Crippen molar-refractivity contribution in [3.8, 4) is 5.88 Å². The number of aryl methyl sites for hydroxylation is 3. The molecule has 4 nitrogen and oxygen atoms in total. The summed E-state index contributed by atoms with van der Waals surface area (Å²) in [5.74, 6) is 0.192. The Bertz CT molecular complexity index is 608. The lowest BCUT2D eigenvalue weighted by molar-refractivity contribution is 0.212. The monoisotopic (exact) mass is 264 g/mol. The van der Waals surface area contributed by atoms with Crippen LogP contribution in [0.25, 0.3) is 0 Å². The highest BCUT2D eigenvalue weighted by atomic mass is 19.1. The average Bonchev–Trinajstić information content (AvgIpc) is 2.62. The van der Waals surface area contributed by atoms with Gasteiger partial charge in [-0.1, -0.05) is 6.07 Å². The van der Waals surface area contributed by atoms with Gasteiger partial charge in [0.05, 0.1) is 18.4 Å². The van der Waals surface area contributed by atoms with Crippen molar-refractivity contribution in [2.24, 2.45) is 7.05 Å². The summed E-state index contributed by atoms with van der Waals surface area (Å²) in [6.07, 6.45) is -0.885. The number of benzene rings is 1. The van der Waals surface area contributed by atoms with Gasteiger partial charge >= 0.3 is 0 Å². The number of halogens is 1. The first kappa shape index (κ1) is 13.5. The first-order valence-corrected chi connectivity index (χ1v) is 5.97. The van der Waals surface area contributed by atoms with Gasteiger partial charge in [-0.2, -0.15) is 5.10 Å². The molecular weight excluding hydrogens is 247 g/mol. The third-order valence-corrected chi connectivity index (χ3v) is 3.21. The van der Waals surface area contributed by atoms with Gasteiger partial charge in [0, 0.05) is 7.05 Å². The molecule has 1 heterocycles. The van der Waals surface area contributed by atoms with Gasteiger partial charge in [0.2, 0.25) is 5.88 Å². The number of rotatable bonds is 3. The van der Waals surface area contributed by atoms with Crippen molar-refractivity contribution in [3.05, 3.63) is 46.4 Å². The summed E-state index contributed by atoms with van der Waals surface area (Å²) in [6.45, 7) is 3.57. The molecule has 0 saturated carbocycles. The Labute approximate surface area is 111 Å². The van der Waals surface area contributed by atoms with Crippen LogP contribution in [-0.2, 0) is 7.05 Å². The maximum Gasteiger partial charge on any atom is 0.217 e. The summed E-state index contributed by atoms with van der Waals surface area (Å²) in [4.78, 5) is 0. The van der Waals surface area contributed by atoms with Gasteiger partial charge in [-0.15, -0.1) is 0 Å². The van der Waals surface area contributed by atoms with Crippen molar-refractivity contribution in [3.63, 3.8) is 0 Å². The van der Waals surface area contributed by atoms with E-state index in [9.17, 15) is 9.50 Å². The molecule has 2 aromatic rings. The Balaban J connectivity index is 2.52. The minimum absolute atomic E-state index is 0.316. The standard InChI is InChI=1S/C14H17FN2O2/c1-8-7-10(15)5-6-11(8)13(18)12-9(2)16-17(3)14(12)19-4/h5-7,13,18H,1-4H3. The van der Waals surface area contributed by atoms with E-state index in [1.807, 2.05) is 0 Å². The normalized spacial score (nSPS) is 12.5. The number of aliphatic hydroxyl groups is 1. The highest BCUT2D eigenvalue weighted by molar-refractivity contribution is 5.42. The second kappa shape index (κ2) is 5.01. The average molecular weight is 264 g/mol. The van der Waals surface area contributed by atoms with Gasteiger partial charge in [-0.05, 0) is 37.1 Å². The zero-order chi connectivity index (χ0) is 14.2. The topological polar surface area (TPSA) is 47.3 Å². The number of hydrogen-bond acceptors (Lipinski definition) is 3. The number of aromatic nitrogens is 2. The van der Waals surface area contributed by atoms with Crippen molar-refractivity contribution >= 4 is 0 Å². The SMILES string of the molecule is COc1c(C(O)c2ccc(F)cc2C)c(C)nn1C. The van der Waals surface area contributed by atoms with Crippen LogP contribution in [-0.4, -0.2) is 22.0 Å². The fourth-order valence-electron chi connectivity index (χ4n) is 2.31. The molecule has 0 fully saturated rings. The summed E-state index contributed by atoms with van der Waals surface area (Å²) in [5.41, 5.74) is 2.64. The number of aliphatic hydroxyl groups excluding tert-OH is 1. The molecule has 1 atom stereocenters. The molecule has 0 radical (unpaired) electrons. The van der Waals surface area contributed by atoms with E-state index in [0.717, 1.165) is 0 Å². The third-order valence-electron chi connectivity index (χ3n) is 3.21. The van der Waals surface area contributed by atoms with Gasteiger partial charge in [-0.25, -0.2) is 9.07 Å². The van der Waals surface area contributed by atoms with Gasteiger partial charge in [0.15, 0.2) is 0 Å². The third kappa shape index (κ3) is 2.33. The Morgan fingerprint density at radius 1 is 1.37 bits per heavy atom. The highest BCUT2D eigenvalue weighted by Crippen LogP contribution is 2.33. The van der Waals surface area contributed by atoms with E-state index < -0.39 is 6.10 Å². The fraction of sp³-hybridized carbons (Fsp3) is 0.357. The van der Waals surface area contributed by atoms with Crippen LogP contribution in [0.1, 0.15) is 28.5 Å². The van der Waals surface area contributed by atoms with Crippen LogP contribution < -0.4 is 4.74 Å². The molecule has 1 aromatic carbocycles. The van der Waals surface area contributed by atoms with Crippen LogP contribution >= 0.6 is 0 Å². The molecule has 1 N–H and O–H groups in total. The van der Waals surface area contributed by atoms with Gasteiger partial charge < -0.3 is 9.84 Å². The van der Waals surface area contributed by atoms with Crippen LogP contribution in [0.4, 0.5) is 4.39 Å². The summed E-state index contributed by atoms with van der Waals surface area (Å²) in [6, 6.07) is 4.32. The smallest absolute Gasteiger partial charge is 0.217 e. The molecule has 0 amide bonds. The zero-order valence-electron chi connectivity index (χ0n) is 11.4. The molecule has 2 rings (SSSR count). The fourth-order valence-corrected chi connectivity index (χ4v) is 2.31. The van der Waals surface area contributed by atoms with Crippen molar-refractivity contribution in [1.82, 2.24) is 9.78 Å². The lowest BCUT2D eigenvalue weighted by Crippen LogP contribution is -2.05. The molecule has 1 unspecified atom stereocenters. The molecule has 0 aliphatic rings. The summed E-state index contributed by atoms with van der Waals surface area (Å²) in [5, 5.41) is 14.7. The van der Waals surface area contributed by atoms with Crippen LogP contribution in [0, 0.1) is 19.7 Å². The molecule has 1 aromatic heterocycles. The minimum Gasteiger partial charge on any atom is -0.481 e. The quantitative estimate of drug-likeness (QED) is 0.925. The molecule has 19 heavy (non-hydrogen) atoms. The Morgan fingerprint density at radius 2 is 2.05 bits per heavy atom. The lowest BCUT2D eigenvalue weighted by atomic mass is 9.97. The van der Waals surface area contributed by atoms with E-state index >= 15 is 0 Å². The van der Waals surface area contributed by atoms with Crippen molar-refractivity contribution in [2.45, 2.75) is 20.0 Å². The van der Waals surface area contributed by atoms with Crippen LogP contribution in [0.15, 0.2) is 18.2 Å². The molecule has 0 saturated heterocycles. The van der Waals surface area contributed by atoms with E-state index in [0.29, 0.717) is 28.3 Å². The first-order valence-electron chi connectivity index (χ1n) is 5.97. The molecule has 5 heteroatoms. The van der Waals surface area contributed by atoms with E-state index in [1.54, 1.807) is 31.6 Å². The van der Waals surface area contributed by atoms with Crippen molar-refractivity contribution in [1.29, 1.82) is 0 Å². The summed E-state index contributed by atoms with van der Waals surface area (Å²) >= 11 is 0. The Kier molecular flexibility index (Phi) is 3.57. The Morgan fingerprint density at radius 3 is 2.63 bits per heavy atom. The molecular formula is C14H17FN2O2. The van der Waals surface area contributed by atoms with Crippen molar-refractivity contribution < 1.29 is 14.2 Å². The number of methoxy groups -OCH3 is 1. The first-order chi connectivity index (χ1) is 8.95. The highest BCUT2D eigenvalue weighted by Gasteiger charge is 2.24. The van der Waals surface area contributed by atoms with E-state index in [1.165, 1.54) is 19.2 Å². The molecule has 0 bridgehead atoms. The second-order valence-electron chi connectivity index (χ2n) is 4.54. The minimum atomic E-state index is -0.885. The molecule has 0 spiro atoms. The maximum absolute atomic E-state index is 13.1. The predicted octanol–water partition coefficient (Wildman–Crippen LogP) is 2.27. The Hall–Kier alpha value is -1.88. The molecule has 0 aliphatic heterocycles. The predicted molar refractivity (Wildman–Crippen MR) is 69.7 cm³/mol. The van der Waals surface area contributed by atoms with Gasteiger partial charge in [-0.3, -0.25) is 0 Å². The lowest BCUT2D eigenvalue weighted by Gasteiger charge is -2.15. The van der Waals surface area contributed by atoms with Crippen LogP contribution in [0.5, 0.6) is 5.88 Å². The van der Waals surface area contributed by atoms with Gasteiger partial charge in [0.25, 0.3) is 0 Å². The second-order valence-corrected chi connectivity index (χ2v) is 4.54. The van der Waals surface area contributed by atoms with E-state index in [-0.39, 0.29) is 5.82 Å². The largest absolute Gasteiger partial charge is 0.481 e.